The van der Waals surface area contributed by atoms with E-state index in [9.17, 15) is 19.8 Å². The molecule has 0 spiro atoms. The lowest BCUT2D eigenvalue weighted by atomic mass is 10.0. The number of unbranched alkanes of at least 4 members (excludes halogenated alkanes) is 63. The Morgan fingerprint density at radius 1 is 0.310 bits per heavy atom. The number of hydrogen-bond donors (Lipinski definition) is 3. The molecule has 0 aliphatic rings. The third-order valence-electron chi connectivity index (χ3n) is 19.0. The largest absolute Gasteiger partial charge is 0.466 e. The average Bonchev–Trinajstić information content (AvgIpc) is 3.58. The van der Waals surface area contributed by atoms with Gasteiger partial charge in [0.25, 0.3) is 0 Å². The minimum absolute atomic E-state index is 0.0225. The van der Waals surface area contributed by atoms with Gasteiger partial charge in [-0.25, -0.2) is 0 Å². The third kappa shape index (κ3) is 73.3. The smallest absolute Gasteiger partial charge is 0.305 e. The summed E-state index contributed by atoms with van der Waals surface area (Å²) in [6.45, 7) is 4.96. The first-order chi connectivity index (χ1) is 43.0. The third-order valence-corrected chi connectivity index (χ3v) is 19.0. The van der Waals surface area contributed by atoms with E-state index in [1.165, 1.54) is 392 Å². The molecule has 6 nitrogen and oxygen atoms in total. The van der Waals surface area contributed by atoms with Crippen LogP contribution in [0.15, 0.2) is 24.3 Å². The molecule has 0 aromatic rings. The minimum Gasteiger partial charge on any atom is -0.466 e. The lowest BCUT2D eigenvalue weighted by molar-refractivity contribution is -0.143. The number of aliphatic hydroxyl groups excluding tert-OH is 2. The fraction of sp³-hybridized carbons (Fsp3) is 0.926. The zero-order valence-corrected chi connectivity index (χ0v) is 59.3. The quantitative estimate of drug-likeness (QED) is 0.0320. The summed E-state index contributed by atoms with van der Waals surface area (Å²) < 4.78 is 5.51. The predicted molar refractivity (Wildman–Crippen MR) is 384 cm³/mol. The maximum absolute atomic E-state index is 12.5. The maximum Gasteiger partial charge on any atom is 0.305 e. The van der Waals surface area contributed by atoms with Crippen molar-refractivity contribution in [3.8, 4) is 0 Å². The van der Waals surface area contributed by atoms with Gasteiger partial charge >= 0.3 is 5.97 Å². The molecule has 0 rings (SSSR count). The first-order valence-corrected chi connectivity index (χ1v) is 40.1. The Bertz CT molecular complexity index is 1360. The van der Waals surface area contributed by atoms with Gasteiger partial charge in [-0.1, -0.05) is 411 Å². The normalized spacial score (nSPS) is 12.6. The van der Waals surface area contributed by atoms with Crippen LogP contribution in [0.5, 0.6) is 0 Å². The SMILES string of the molecule is CCCCCCCCCCCCCCCCCCCCCC/C=C/C(O)C(CO)NC(=O)CCCCCCCCCCCCCCCCC/C=C\CCCCCCCCCCCCCCOC(=O)CCCCCCCCCCCCCCCCCCC. The van der Waals surface area contributed by atoms with E-state index in [2.05, 4.69) is 31.3 Å². The summed E-state index contributed by atoms with van der Waals surface area (Å²) >= 11 is 0. The molecule has 0 bridgehead atoms. The molecule has 0 radical (unpaired) electrons. The highest BCUT2D eigenvalue weighted by atomic mass is 16.5. The van der Waals surface area contributed by atoms with Crippen molar-refractivity contribution in [1.82, 2.24) is 5.32 Å². The first-order valence-electron chi connectivity index (χ1n) is 40.1. The number of allylic oxidation sites excluding steroid dienone is 3. The molecule has 0 aromatic heterocycles. The zero-order chi connectivity index (χ0) is 62.8. The average molecular weight is 1230 g/mol. The van der Waals surface area contributed by atoms with Crippen molar-refractivity contribution in [2.45, 2.75) is 469 Å². The van der Waals surface area contributed by atoms with Crippen LogP contribution in [0.25, 0.3) is 0 Å². The fourth-order valence-corrected chi connectivity index (χ4v) is 12.9. The number of aliphatic hydroxyl groups is 2. The highest BCUT2D eigenvalue weighted by Crippen LogP contribution is 2.20. The lowest BCUT2D eigenvalue weighted by Crippen LogP contribution is -2.45. The van der Waals surface area contributed by atoms with Crippen molar-refractivity contribution in [1.29, 1.82) is 0 Å². The van der Waals surface area contributed by atoms with Gasteiger partial charge in [0.05, 0.1) is 25.4 Å². The van der Waals surface area contributed by atoms with E-state index in [0.717, 1.165) is 38.5 Å². The van der Waals surface area contributed by atoms with Crippen LogP contribution in [-0.4, -0.2) is 47.4 Å². The molecule has 0 aromatic carbocycles. The van der Waals surface area contributed by atoms with Crippen molar-refractivity contribution >= 4 is 11.9 Å². The predicted octanol–water partition coefficient (Wildman–Crippen LogP) is 26.4. The van der Waals surface area contributed by atoms with Gasteiger partial charge in [-0.05, 0) is 57.8 Å². The number of hydrogen-bond acceptors (Lipinski definition) is 5. The molecule has 2 atom stereocenters. The molecule has 0 heterocycles. The Morgan fingerprint density at radius 2 is 0.540 bits per heavy atom. The second kappa shape index (κ2) is 76.8. The Labute approximate surface area is 545 Å². The van der Waals surface area contributed by atoms with E-state index in [0.29, 0.717) is 19.4 Å². The van der Waals surface area contributed by atoms with Crippen LogP contribution in [0, 0.1) is 0 Å². The summed E-state index contributed by atoms with van der Waals surface area (Å²) in [5.74, 6) is -0.0384. The molecule has 0 saturated carbocycles. The van der Waals surface area contributed by atoms with Crippen molar-refractivity contribution in [3.05, 3.63) is 24.3 Å². The molecule has 1 amide bonds. The van der Waals surface area contributed by atoms with Gasteiger partial charge < -0.3 is 20.3 Å². The summed E-state index contributed by atoms with van der Waals surface area (Å²) in [5.41, 5.74) is 0. The van der Waals surface area contributed by atoms with Crippen LogP contribution < -0.4 is 5.32 Å². The number of rotatable bonds is 76. The molecule has 0 saturated heterocycles. The molecule has 3 N–H and O–H groups in total. The maximum atomic E-state index is 12.5. The van der Waals surface area contributed by atoms with Gasteiger partial charge in [0, 0.05) is 12.8 Å². The van der Waals surface area contributed by atoms with Gasteiger partial charge in [-0.3, -0.25) is 9.59 Å². The van der Waals surface area contributed by atoms with Gasteiger partial charge in [0.1, 0.15) is 0 Å². The second-order valence-corrected chi connectivity index (χ2v) is 27.8. The van der Waals surface area contributed by atoms with E-state index < -0.39 is 12.1 Å². The van der Waals surface area contributed by atoms with Gasteiger partial charge in [0.2, 0.25) is 5.91 Å². The van der Waals surface area contributed by atoms with Crippen LogP contribution in [-0.2, 0) is 14.3 Å². The van der Waals surface area contributed by atoms with E-state index in [1.807, 2.05) is 6.08 Å². The number of esters is 1. The molecular weight excluding hydrogens is 1070 g/mol. The number of carbonyl (C=O) groups excluding carboxylic acids is 2. The summed E-state index contributed by atoms with van der Waals surface area (Å²) in [6, 6.07) is -0.627. The van der Waals surface area contributed by atoms with Crippen LogP contribution in [0.1, 0.15) is 457 Å². The van der Waals surface area contributed by atoms with Crippen LogP contribution >= 0.6 is 0 Å². The first kappa shape index (κ1) is 85.3. The summed E-state index contributed by atoms with van der Waals surface area (Å²) in [4.78, 5) is 24.7. The van der Waals surface area contributed by atoms with Crippen LogP contribution in [0.4, 0.5) is 0 Å². The molecule has 87 heavy (non-hydrogen) atoms. The number of nitrogens with one attached hydrogen (secondary N) is 1. The standard InChI is InChI=1S/C81H157NO5/c1-3-5-7-9-11-13-15-17-19-21-22-23-35-38-42-45-49-53-57-61-65-69-73-79(84)78(77-83)82-80(85)74-70-66-62-58-54-50-46-43-39-36-33-31-29-27-25-24-26-28-30-32-34-37-40-44-48-52-56-60-64-68-72-76-87-81(86)75-71-67-63-59-55-51-47-41-20-18-16-14-12-10-8-6-4-2/h26,28,69,73,78-79,83-84H,3-25,27,29-68,70-72,74-77H2,1-2H3,(H,82,85)/b28-26-,73-69+. The zero-order valence-electron chi connectivity index (χ0n) is 59.3. The molecule has 6 heteroatoms. The lowest BCUT2D eigenvalue weighted by Gasteiger charge is -2.20. The Hall–Kier alpha value is -1.66. The topological polar surface area (TPSA) is 95.9 Å². The van der Waals surface area contributed by atoms with Crippen molar-refractivity contribution in [2.75, 3.05) is 13.2 Å². The van der Waals surface area contributed by atoms with Crippen molar-refractivity contribution in [3.63, 3.8) is 0 Å². The number of carbonyl (C=O) groups is 2. The van der Waals surface area contributed by atoms with E-state index in [4.69, 9.17) is 4.74 Å². The second-order valence-electron chi connectivity index (χ2n) is 27.8. The molecule has 2 unspecified atom stereocenters. The molecular formula is C81H157NO5. The monoisotopic (exact) mass is 1220 g/mol. The van der Waals surface area contributed by atoms with E-state index in [1.54, 1.807) is 6.08 Å². The van der Waals surface area contributed by atoms with Gasteiger partial charge in [-0.2, -0.15) is 0 Å². The Morgan fingerprint density at radius 3 is 0.816 bits per heavy atom. The Kier molecular flexibility index (Phi) is 75.3. The Balaban J connectivity index is 3.37. The number of ether oxygens (including phenoxy) is 1. The molecule has 0 aliphatic heterocycles. The number of amides is 1. The molecule has 0 fully saturated rings. The van der Waals surface area contributed by atoms with Crippen molar-refractivity contribution in [2.24, 2.45) is 0 Å². The van der Waals surface area contributed by atoms with E-state index in [-0.39, 0.29) is 18.5 Å². The van der Waals surface area contributed by atoms with Crippen LogP contribution in [0.3, 0.4) is 0 Å². The molecule has 0 aliphatic carbocycles. The summed E-state index contributed by atoms with van der Waals surface area (Å²) in [6.07, 6.45) is 98.7. The highest BCUT2D eigenvalue weighted by molar-refractivity contribution is 5.76. The summed E-state index contributed by atoms with van der Waals surface area (Å²) in [7, 11) is 0. The van der Waals surface area contributed by atoms with Gasteiger partial charge in [0.15, 0.2) is 0 Å². The van der Waals surface area contributed by atoms with Crippen molar-refractivity contribution < 1.29 is 24.5 Å². The van der Waals surface area contributed by atoms with Crippen LogP contribution in [0.2, 0.25) is 0 Å². The minimum atomic E-state index is -0.844. The molecule has 516 valence electrons. The van der Waals surface area contributed by atoms with Gasteiger partial charge in [-0.15, -0.1) is 0 Å². The fourth-order valence-electron chi connectivity index (χ4n) is 12.9. The van der Waals surface area contributed by atoms with E-state index >= 15 is 0 Å². The summed E-state index contributed by atoms with van der Waals surface area (Å²) in [5, 5.41) is 23.3. The highest BCUT2D eigenvalue weighted by Gasteiger charge is 2.18.